The number of hydrogen-bond donors (Lipinski definition) is 4. The van der Waals surface area contributed by atoms with Crippen molar-refractivity contribution in [3.05, 3.63) is 60.7 Å². The minimum Gasteiger partial charge on any atom is -0.390 e. The van der Waals surface area contributed by atoms with Crippen LogP contribution in [0.3, 0.4) is 0 Å². The molecule has 162 valence electrons. The summed E-state index contributed by atoms with van der Waals surface area (Å²) in [5.41, 5.74) is 9.65. The number of aliphatic hydroxyl groups is 2. The molecule has 1 fully saturated rings. The molecule has 1 aromatic carbocycles. The van der Waals surface area contributed by atoms with E-state index in [1.807, 2.05) is 29.1 Å². The van der Waals surface area contributed by atoms with E-state index in [9.17, 15) is 10.2 Å². The lowest BCUT2D eigenvalue weighted by Crippen LogP contribution is -2.29. The van der Waals surface area contributed by atoms with Gasteiger partial charge in [0, 0.05) is 23.2 Å². The smallest absolute Gasteiger partial charge is 0.145 e. The van der Waals surface area contributed by atoms with Crippen LogP contribution < -0.4 is 5.73 Å². The maximum atomic E-state index is 10.8. The third kappa shape index (κ3) is 3.03. The number of aliphatic hydroxyl groups excluding tert-OH is 2. The van der Waals surface area contributed by atoms with E-state index in [-0.39, 0.29) is 12.0 Å². The molecule has 32 heavy (non-hydrogen) atoms. The first-order valence-corrected chi connectivity index (χ1v) is 10.9. The SMILES string of the molecule is Nc1ncnc2c1ccn2[C@@H]1C[C@H](CCc2ccc3cc4cc[nH]c4nc3c2)[C@@H](O)[C@H]1O. The second-order valence-electron chi connectivity index (χ2n) is 8.73. The molecular formula is C24H24N6O2. The van der Waals surface area contributed by atoms with Crippen LogP contribution in [0.25, 0.3) is 33.0 Å². The summed E-state index contributed by atoms with van der Waals surface area (Å²) in [5.74, 6) is 0.404. The number of nitrogen functional groups attached to an aromatic ring is 1. The Kier molecular flexibility index (Phi) is 4.38. The second kappa shape index (κ2) is 7.29. The highest BCUT2D eigenvalue weighted by atomic mass is 16.3. The number of H-pyrrole nitrogens is 1. The lowest BCUT2D eigenvalue weighted by molar-refractivity contribution is 0.00545. The van der Waals surface area contributed by atoms with Gasteiger partial charge in [0.05, 0.1) is 23.0 Å². The number of hydrogen-bond acceptors (Lipinski definition) is 6. The molecule has 0 radical (unpaired) electrons. The maximum absolute atomic E-state index is 10.8. The number of anilines is 1. The van der Waals surface area contributed by atoms with Crippen LogP contribution in [0, 0.1) is 5.92 Å². The van der Waals surface area contributed by atoms with E-state index in [0.717, 1.165) is 40.2 Å². The Hall–Kier alpha value is -3.49. The molecular weight excluding hydrogens is 404 g/mol. The normalized spacial score (nSPS) is 23.6. The zero-order valence-corrected chi connectivity index (χ0v) is 17.4. The van der Waals surface area contributed by atoms with E-state index < -0.39 is 12.2 Å². The van der Waals surface area contributed by atoms with Gasteiger partial charge in [-0.2, -0.15) is 0 Å². The molecule has 0 unspecified atom stereocenters. The Morgan fingerprint density at radius 1 is 1.06 bits per heavy atom. The number of aromatic nitrogens is 5. The summed E-state index contributed by atoms with van der Waals surface area (Å²) in [6.45, 7) is 0. The second-order valence-corrected chi connectivity index (χ2v) is 8.73. The summed E-state index contributed by atoms with van der Waals surface area (Å²) in [5, 5.41) is 24.5. The molecule has 0 amide bonds. The molecule has 8 nitrogen and oxygen atoms in total. The summed E-state index contributed by atoms with van der Waals surface area (Å²) in [6.07, 6.45) is 5.82. The fraction of sp³-hybridized carbons (Fsp3) is 0.292. The van der Waals surface area contributed by atoms with Crippen LogP contribution in [0.15, 0.2) is 55.1 Å². The van der Waals surface area contributed by atoms with Crippen molar-refractivity contribution in [1.29, 1.82) is 0 Å². The third-order valence-electron chi connectivity index (χ3n) is 6.87. The standard InChI is InChI=1S/C24H24N6O2/c25-22-17-6-8-30(24(17)28-12-27-22)19-11-15(20(31)21(19)32)4-2-13-1-3-14-10-16-5-7-26-23(16)29-18(14)9-13/h1,3,5-10,12,15,19-21,31-32H,2,4,11H2,(H,26,29)(H2,25,27,28)/t15-,19+,20+,21-/m0/s1. The van der Waals surface area contributed by atoms with Gasteiger partial charge in [-0.05, 0) is 55.0 Å². The average Bonchev–Trinajstić information content (AvgIpc) is 3.50. The predicted octanol–water partition coefficient (Wildman–Crippen LogP) is 2.96. The summed E-state index contributed by atoms with van der Waals surface area (Å²) in [6, 6.07) is 12.1. The minimum atomic E-state index is -0.855. The van der Waals surface area contributed by atoms with Crippen molar-refractivity contribution in [2.45, 2.75) is 37.5 Å². The molecule has 0 saturated heterocycles. The number of nitrogens with two attached hydrogens (primary N) is 1. The van der Waals surface area contributed by atoms with E-state index in [2.05, 4.69) is 39.2 Å². The molecule has 4 aromatic heterocycles. The van der Waals surface area contributed by atoms with Crippen LogP contribution in [0.1, 0.15) is 24.4 Å². The summed E-state index contributed by atoms with van der Waals surface area (Å²) in [7, 11) is 0. The molecule has 8 heteroatoms. The summed E-state index contributed by atoms with van der Waals surface area (Å²) < 4.78 is 1.92. The highest BCUT2D eigenvalue weighted by molar-refractivity contribution is 5.91. The molecule has 0 bridgehead atoms. The van der Waals surface area contributed by atoms with Gasteiger partial charge in [-0.15, -0.1) is 0 Å². The van der Waals surface area contributed by atoms with Crippen LogP contribution in [0.5, 0.6) is 0 Å². The largest absolute Gasteiger partial charge is 0.390 e. The number of fused-ring (bicyclic) bond motifs is 3. The van der Waals surface area contributed by atoms with Crippen molar-refractivity contribution in [2.75, 3.05) is 5.73 Å². The van der Waals surface area contributed by atoms with Gasteiger partial charge < -0.3 is 25.5 Å². The van der Waals surface area contributed by atoms with E-state index in [1.165, 1.54) is 11.9 Å². The van der Waals surface area contributed by atoms with Crippen molar-refractivity contribution in [3.63, 3.8) is 0 Å². The van der Waals surface area contributed by atoms with Crippen LogP contribution in [-0.2, 0) is 6.42 Å². The van der Waals surface area contributed by atoms with Gasteiger partial charge in [0.2, 0.25) is 0 Å². The van der Waals surface area contributed by atoms with Gasteiger partial charge in [-0.25, -0.2) is 15.0 Å². The highest BCUT2D eigenvalue weighted by Crippen LogP contribution is 2.39. The lowest BCUT2D eigenvalue weighted by atomic mass is 9.95. The lowest BCUT2D eigenvalue weighted by Gasteiger charge is -2.19. The minimum absolute atomic E-state index is 0.0128. The highest BCUT2D eigenvalue weighted by Gasteiger charge is 2.42. The van der Waals surface area contributed by atoms with Crippen LogP contribution in [-0.4, -0.2) is 46.9 Å². The van der Waals surface area contributed by atoms with Gasteiger partial charge >= 0.3 is 0 Å². The number of aromatic amines is 1. The van der Waals surface area contributed by atoms with Gasteiger partial charge in [0.15, 0.2) is 0 Å². The average molecular weight is 428 g/mol. The molecule has 0 aliphatic heterocycles. The molecule has 6 rings (SSSR count). The number of nitrogens with one attached hydrogen (secondary N) is 1. The molecule has 0 spiro atoms. The Morgan fingerprint density at radius 2 is 1.97 bits per heavy atom. The van der Waals surface area contributed by atoms with E-state index in [1.54, 1.807) is 0 Å². The zero-order valence-electron chi connectivity index (χ0n) is 17.4. The molecule has 5 aromatic rings. The molecule has 5 N–H and O–H groups in total. The topological polar surface area (TPSA) is 126 Å². The van der Waals surface area contributed by atoms with Crippen molar-refractivity contribution in [3.8, 4) is 0 Å². The Morgan fingerprint density at radius 3 is 2.88 bits per heavy atom. The molecule has 4 heterocycles. The van der Waals surface area contributed by atoms with Crippen molar-refractivity contribution in [1.82, 2.24) is 24.5 Å². The van der Waals surface area contributed by atoms with Gasteiger partial charge in [0.1, 0.15) is 29.5 Å². The van der Waals surface area contributed by atoms with Crippen molar-refractivity contribution < 1.29 is 10.2 Å². The van der Waals surface area contributed by atoms with E-state index >= 15 is 0 Å². The third-order valence-corrected chi connectivity index (χ3v) is 6.87. The quantitative estimate of drug-likeness (QED) is 0.349. The Labute approximate surface area is 183 Å². The molecule has 1 saturated carbocycles. The number of aryl methyl sites for hydroxylation is 1. The Bertz CT molecular complexity index is 1440. The number of rotatable bonds is 4. The number of benzene rings is 1. The number of pyridine rings is 1. The molecule has 1 aliphatic carbocycles. The Balaban J connectivity index is 1.22. The fourth-order valence-electron chi connectivity index (χ4n) is 5.11. The van der Waals surface area contributed by atoms with Gasteiger partial charge in [-0.1, -0.05) is 12.1 Å². The maximum Gasteiger partial charge on any atom is 0.145 e. The van der Waals surface area contributed by atoms with Gasteiger partial charge in [-0.3, -0.25) is 0 Å². The van der Waals surface area contributed by atoms with Crippen LogP contribution >= 0.6 is 0 Å². The van der Waals surface area contributed by atoms with E-state index in [0.29, 0.717) is 17.9 Å². The van der Waals surface area contributed by atoms with Gasteiger partial charge in [0.25, 0.3) is 0 Å². The summed E-state index contributed by atoms with van der Waals surface area (Å²) >= 11 is 0. The summed E-state index contributed by atoms with van der Waals surface area (Å²) in [4.78, 5) is 16.2. The monoisotopic (exact) mass is 428 g/mol. The first kappa shape index (κ1) is 19.2. The van der Waals surface area contributed by atoms with Crippen LogP contribution in [0.2, 0.25) is 0 Å². The first-order chi connectivity index (χ1) is 15.6. The van der Waals surface area contributed by atoms with Crippen molar-refractivity contribution >= 4 is 38.8 Å². The van der Waals surface area contributed by atoms with E-state index in [4.69, 9.17) is 10.7 Å². The first-order valence-electron chi connectivity index (χ1n) is 10.9. The van der Waals surface area contributed by atoms with Crippen molar-refractivity contribution in [2.24, 2.45) is 5.92 Å². The fourth-order valence-corrected chi connectivity index (χ4v) is 5.11. The predicted molar refractivity (Wildman–Crippen MR) is 123 cm³/mol. The molecule has 1 aliphatic rings. The molecule has 4 atom stereocenters. The number of nitrogens with zero attached hydrogens (tertiary/aromatic N) is 4. The van der Waals surface area contributed by atoms with Crippen LogP contribution in [0.4, 0.5) is 5.82 Å². The zero-order chi connectivity index (χ0) is 21.8.